The van der Waals surface area contributed by atoms with Gasteiger partial charge in [-0.2, -0.15) is 0 Å². The van der Waals surface area contributed by atoms with Crippen molar-refractivity contribution in [2.45, 2.75) is 40.2 Å². The Labute approximate surface area is 100 Å². The standard InChI is InChI=1S/C13H28N2O/c1-5-6-15-12-9-16-8-11(12)7-14-10-13(2,3)4/h11-12,14-15H,5-10H2,1-4H3. The summed E-state index contributed by atoms with van der Waals surface area (Å²) in [6.07, 6.45) is 1.19. The Morgan fingerprint density at radius 3 is 2.62 bits per heavy atom. The third kappa shape index (κ3) is 5.28. The summed E-state index contributed by atoms with van der Waals surface area (Å²) in [4.78, 5) is 0. The summed E-state index contributed by atoms with van der Waals surface area (Å²) in [6.45, 7) is 14.0. The highest BCUT2D eigenvalue weighted by molar-refractivity contribution is 4.83. The van der Waals surface area contributed by atoms with Crippen molar-refractivity contribution in [3.63, 3.8) is 0 Å². The molecule has 3 heteroatoms. The van der Waals surface area contributed by atoms with E-state index in [9.17, 15) is 0 Å². The van der Waals surface area contributed by atoms with Crippen LogP contribution < -0.4 is 10.6 Å². The van der Waals surface area contributed by atoms with Crippen LogP contribution in [0, 0.1) is 11.3 Å². The molecule has 2 N–H and O–H groups in total. The molecular weight excluding hydrogens is 200 g/mol. The average Bonchev–Trinajstić information content (AvgIpc) is 2.60. The van der Waals surface area contributed by atoms with Gasteiger partial charge in [0.15, 0.2) is 0 Å². The van der Waals surface area contributed by atoms with Gasteiger partial charge in [0.2, 0.25) is 0 Å². The van der Waals surface area contributed by atoms with Crippen LogP contribution >= 0.6 is 0 Å². The topological polar surface area (TPSA) is 33.3 Å². The third-order valence-corrected chi connectivity index (χ3v) is 2.92. The summed E-state index contributed by atoms with van der Waals surface area (Å²) < 4.78 is 5.55. The van der Waals surface area contributed by atoms with E-state index in [1.807, 2.05) is 0 Å². The Kier molecular flexibility index (Phi) is 5.73. The van der Waals surface area contributed by atoms with E-state index in [1.165, 1.54) is 6.42 Å². The highest BCUT2D eigenvalue weighted by atomic mass is 16.5. The molecule has 0 saturated carbocycles. The van der Waals surface area contributed by atoms with Crippen LogP contribution in [0.5, 0.6) is 0 Å². The van der Waals surface area contributed by atoms with Crippen molar-refractivity contribution in [3.8, 4) is 0 Å². The van der Waals surface area contributed by atoms with E-state index in [2.05, 4.69) is 38.3 Å². The summed E-state index contributed by atoms with van der Waals surface area (Å²) in [5.74, 6) is 0.633. The first-order valence-corrected chi connectivity index (χ1v) is 6.55. The second kappa shape index (κ2) is 6.58. The molecule has 0 radical (unpaired) electrons. The summed E-state index contributed by atoms with van der Waals surface area (Å²) in [5, 5.41) is 7.12. The summed E-state index contributed by atoms with van der Waals surface area (Å²) in [5.41, 5.74) is 0.367. The molecule has 1 aliphatic rings. The van der Waals surface area contributed by atoms with Crippen LogP contribution in [-0.4, -0.2) is 38.9 Å². The first kappa shape index (κ1) is 13.9. The van der Waals surface area contributed by atoms with E-state index < -0.39 is 0 Å². The smallest absolute Gasteiger partial charge is 0.0623 e. The van der Waals surface area contributed by atoms with Gasteiger partial charge in [0.05, 0.1) is 13.2 Å². The maximum atomic E-state index is 5.55. The highest BCUT2D eigenvalue weighted by Gasteiger charge is 2.27. The molecule has 1 heterocycles. The van der Waals surface area contributed by atoms with Crippen LogP contribution in [-0.2, 0) is 4.74 Å². The van der Waals surface area contributed by atoms with Gasteiger partial charge in [0.25, 0.3) is 0 Å². The van der Waals surface area contributed by atoms with Crippen LogP contribution in [0.1, 0.15) is 34.1 Å². The van der Waals surface area contributed by atoms with E-state index in [1.54, 1.807) is 0 Å². The predicted octanol–water partition coefficient (Wildman–Crippen LogP) is 1.64. The third-order valence-electron chi connectivity index (χ3n) is 2.92. The molecule has 0 spiro atoms. The zero-order chi connectivity index (χ0) is 12.0. The Morgan fingerprint density at radius 1 is 1.25 bits per heavy atom. The first-order valence-electron chi connectivity index (χ1n) is 6.55. The molecule has 0 aromatic carbocycles. The van der Waals surface area contributed by atoms with Gasteiger partial charge in [0, 0.05) is 25.0 Å². The van der Waals surface area contributed by atoms with Gasteiger partial charge in [0.1, 0.15) is 0 Å². The van der Waals surface area contributed by atoms with Crippen molar-refractivity contribution < 1.29 is 4.74 Å². The fourth-order valence-electron chi connectivity index (χ4n) is 1.99. The SMILES string of the molecule is CCCNC1COCC1CNCC(C)(C)C. The van der Waals surface area contributed by atoms with E-state index in [4.69, 9.17) is 4.74 Å². The second-order valence-electron chi connectivity index (χ2n) is 6.05. The first-order chi connectivity index (χ1) is 7.53. The van der Waals surface area contributed by atoms with Crippen LogP contribution in [0.3, 0.4) is 0 Å². The van der Waals surface area contributed by atoms with Crippen molar-refractivity contribution in [2.24, 2.45) is 11.3 Å². The molecule has 96 valence electrons. The Morgan fingerprint density at radius 2 is 2.00 bits per heavy atom. The van der Waals surface area contributed by atoms with Crippen molar-refractivity contribution in [1.29, 1.82) is 0 Å². The lowest BCUT2D eigenvalue weighted by molar-refractivity contribution is 0.181. The Bertz CT molecular complexity index is 189. The van der Waals surface area contributed by atoms with Crippen LogP contribution in [0.15, 0.2) is 0 Å². The Balaban J connectivity index is 2.19. The monoisotopic (exact) mass is 228 g/mol. The molecule has 1 aliphatic heterocycles. The lowest BCUT2D eigenvalue weighted by Crippen LogP contribution is -2.42. The summed E-state index contributed by atoms with van der Waals surface area (Å²) in [6, 6.07) is 0.549. The average molecular weight is 228 g/mol. The number of ether oxygens (including phenoxy) is 1. The minimum atomic E-state index is 0.367. The van der Waals surface area contributed by atoms with Gasteiger partial charge in [-0.1, -0.05) is 27.7 Å². The minimum absolute atomic E-state index is 0.367. The number of rotatable bonds is 6. The van der Waals surface area contributed by atoms with E-state index in [0.29, 0.717) is 17.4 Å². The van der Waals surface area contributed by atoms with Crippen LogP contribution in [0.25, 0.3) is 0 Å². The number of nitrogens with one attached hydrogen (secondary N) is 2. The molecular formula is C13H28N2O. The highest BCUT2D eigenvalue weighted by Crippen LogP contribution is 2.14. The predicted molar refractivity (Wildman–Crippen MR) is 68.7 cm³/mol. The lowest BCUT2D eigenvalue weighted by Gasteiger charge is -2.23. The molecule has 0 amide bonds. The fraction of sp³-hybridized carbons (Fsp3) is 1.00. The molecule has 0 aliphatic carbocycles. The van der Waals surface area contributed by atoms with Crippen molar-refractivity contribution in [1.82, 2.24) is 10.6 Å². The van der Waals surface area contributed by atoms with Gasteiger partial charge in [-0.05, 0) is 18.4 Å². The van der Waals surface area contributed by atoms with Gasteiger partial charge in [-0.25, -0.2) is 0 Å². The zero-order valence-electron chi connectivity index (χ0n) is 11.3. The molecule has 1 rings (SSSR count). The Hall–Kier alpha value is -0.120. The van der Waals surface area contributed by atoms with Crippen LogP contribution in [0.4, 0.5) is 0 Å². The second-order valence-corrected chi connectivity index (χ2v) is 6.05. The van der Waals surface area contributed by atoms with E-state index in [-0.39, 0.29) is 0 Å². The van der Waals surface area contributed by atoms with Gasteiger partial charge in [-0.15, -0.1) is 0 Å². The van der Waals surface area contributed by atoms with E-state index in [0.717, 1.165) is 32.8 Å². The maximum absolute atomic E-state index is 5.55. The van der Waals surface area contributed by atoms with Crippen molar-refractivity contribution >= 4 is 0 Å². The normalized spacial score (nSPS) is 26.2. The fourth-order valence-corrected chi connectivity index (χ4v) is 1.99. The van der Waals surface area contributed by atoms with Gasteiger partial charge >= 0.3 is 0 Å². The molecule has 0 bridgehead atoms. The molecule has 2 unspecified atom stereocenters. The number of hydrogen-bond acceptors (Lipinski definition) is 3. The molecule has 0 aromatic rings. The maximum Gasteiger partial charge on any atom is 0.0623 e. The molecule has 16 heavy (non-hydrogen) atoms. The summed E-state index contributed by atoms with van der Waals surface area (Å²) >= 11 is 0. The van der Waals surface area contributed by atoms with Crippen molar-refractivity contribution in [3.05, 3.63) is 0 Å². The molecule has 1 saturated heterocycles. The van der Waals surface area contributed by atoms with Crippen molar-refractivity contribution in [2.75, 3.05) is 32.8 Å². The van der Waals surface area contributed by atoms with Gasteiger partial charge in [-0.3, -0.25) is 0 Å². The van der Waals surface area contributed by atoms with Gasteiger partial charge < -0.3 is 15.4 Å². The molecule has 2 atom stereocenters. The van der Waals surface area contributed by atoms with Crippen LogP contribution in [0.2, 0.25) is 0 Å². The zero-order valence-corrected chi connectivity index (χ0v) is 11.3. The summed E-state index contributed by atoms with van der Waals surface area (Å²) in [7, 11) is 0. The minimum Gasteiger partial charge on any atom is -0.379 e. The largest absolute Gasteiger partial charge is 0.379 e. The molecule has 3 nitrogen and oxygen atoms in total. The lowest BCUT2D eigenvalue weighted by atomic mass is 9.96. The quantitative estimate of drug-likeness (QED) is 0.725. The molecule has 1 fully saturated rings. The van der Waals surface area contributed by atoms with E-state index >= 15 is 0 Å². The molecule has 0 aromatic heterocycles. The number of hydrogen-bond donors (Lipinski definition) is 2.